The average Bonchev–Trinajstić information content (AvgIpc) is 2.48. The molecular formula is C15H25N3O2. The van der Waals surface area contributed by atoms with E-state index in [1.165, 1.54) is 0 Å². The van der Waals surface area contributed by atoms with Gasteiger partial charge in [-0.1, -0.05) is 0 Å². The summed E-state index contributed by atoms with van der Waals surface area (Å²) < 4.78 is 10.8. The summed E-state index contributed by atoms with van der Waals surface area (Å²) >= 11 is 0. The summed E-state index contributed by atoms with van der Waals surface area (Å²) in [5, 5.41) is 3.42. The standard InChI is InChI=1S/C15H25N3O2/c1-2-20-15-12-13(4-5-14(15)16)17-6-3-7-18-8-10-19-11-9-18/h4-5,12,17H,2-3,6-11,16H2,1H3. The fraction of sp³-hybridized carbons (Fsp3) is 0.600. The summed E-state index contributed by atoms with van der Waals surface area (Å²) in [6.45, 7) is 8.49. The molecule has 0 radical (unpaired) electrons. The van der Waals surface area contributed by atoms with E-state index in [1.54, 1.807) is 0 Å². The Morgan fingerprint density at radius 3 is 2.90 bits per heavy atom. The first-order valence-electron chi connectivity index (χ1n) is 7.36. The van der Waals surface area contributed by atoms with Crippen LogP contribution in [0.2, 0.25) is 0 Å². The number of anilines is 2. The fourth-order valence-corrected chi connectivity index (χ4v) is 2.28. The van der Waals surface area contributed by atoms with Crippen LogP contribution >= 0.6 is 0 Å². The number of nitrogens with one attached hydrogen (secondary N) is 1. The molecule has 0 spiro atoms. The van der Waals surface area contributed by atoms with Crippen LogP contribution in [0.3, 0.4) is 0 Å². The maximum atomic E-state index is 5.86. The Morgan fingerprint density at radius 1 is 1.35 bits per heavy atom. The quantitative estimate of drug-likeness (QED) is 0.589. The highest BCUT2D eigenvalue weighted by molar-refractivity contribution is 5.61. The maximum absolute atomic E-state index is 5.86. The average molecular weight is 279 g/mol. The van der Waals surface area contributed by atoms with Gasteiger partial charge in [0.05, 0.1) is 25.5 Å². The Morgan fingerprint density at radius 2 is 2.15 bits per heavy atom. The van der Waals surface area contributed by atoms with Crippen LogP contribution in [0, 0.1) is 0 Å². The predicted octanol–water partition coefficient (Wildman–Crippen LogP) is 1.80. The van der Waals surface area contributed by atoms with E-state index in [0.717, 1.165) is 57.3 Å². The first-order chi connectivity index (χ1) is 9.79. The highest BCUT2D eigenvalue weighted by Gasteiger charge is 2.09. The third-order valence-corrected chi connectivity index (χ3v) is 3.40. The van der Waals surface area contributed by atoms with Gasteiger partial charge in [-0.2, -0.15) is 0 Å². The van der Waals surface area contributed by atoms with Gasteiger partial charge < -0.3 is 20.5 Å². The summed E-state index contributed by atoms with van der Waals surface area (Å²) in [5.74, 6) is 0.755. The van der Waals surface area contributed by atoms with E-state index in [-0.39, 0.29) is 0 Å². The number of morpholine rings is 1. The van der Waals surface area contributed by atoms with Crippen molar-refractivity contribution in [1.29, 1.82) is 0 Å². The molecule has 1 heterocycles. The lowest BCUT2D eigenvalue weighted by Gasteiger charge is -2.26. The summed E-state index contributed by atoms with van der Waals surface area (Å²) in [7, 11) is 0. The summed E-state index contributed by atoms with van der Waals surface area (Å²) in [5.41, 5.74) is 7.60. The Kier molecular flexibility index (Phi) is 5.95. The van der Waals surface area contributed by atoms with Gasteiger partial charge in [-0.25, -0.2) is 0 Å². The van der Waals surface area contributed by atoms with Crippen LogP contribution in [-0.4, -0.2) is 50.9 Å². The van der Waals surface area contributed by atoms with Crippen molar-refractivity contribution in [3.63, 3.8) is 0 Å². The first-order valence-corrected chi connectivity index (χ1v) is 7.36. The second kappa shape index (κ2) is 7.97. The predicted molar refractivity (Wildman–Crippen MR) is 82.4 cm³/mol. The summed E-state index contributed by atoms with van der Waals surface area (Å²) in [4.78, 5) is 2.44. The molecule has 2 rings (SSSR count). The first kappa shape index (κ1) is 14.9. The zero-order valence-electron chi connectivity index (χ0n) is 12.2. The molecule has 5 heteroatoms. The van der Waals surface area contributed by atoms with E-state index in [1.807, 2.05) is 25.1 Å². The number of nitrogens with zero attached hydrogens (tertiary/aromatic N) is 1. The zero-order valence-corrected chi connectivity index (χ0v) is 12.2. The molecule has 1 saturated heterocycles. The van der Waals surface area contributed by atoms with Gasteiger partial charge in [0, 0.05) is 31.4 Å². The van der Waals surface area contributed by atoms with Crippen LogP contribution in [0.25, 0.3) is 0 Å². The minimum absolute atomic E-state index is 0.630. The van der Waals surface area contributed by atoms with Gasteiger partial charge in [0.2, 0.25) is 0 Å². The Balaban J connectivity index is 1.71. The number of hydrogen-bond donors (Lipinski definition) is 2. The Hall–Kier alpha value is -1.46. The number of hydrogen-bond acceptors (Lipinski definition) is 5. The fourth-order valence-electron chi connectivity index (χ4n) is 2.28. The van der Waals surface area contributed by atoms with Crippen molar-refractivity contribution in [1.82, 2.24) is 4.90 Å². The molecule has 5 nitrogen and oxygen atoms in total. The number of benzene rings is 1. The van der Waals surface area contributed by atoms with Crippen molar-refractivity contribution >= 4 is 11.4 Å². The highest BCUT2D eigenvalue weighted by atomic mass is 16.5. The van der Waals surface area contributed by atoms with Gasteiger partial charge in [-0.05, 0) is 32.0 Å². The van der Waals surface area contributed by atoms with E-state index >= 15 is 0 Å². The van der Waals surface area contributed by atoms with Crippen molar-refractivity contribution in [3.05, 3.63) is 18.2 Å². The SMILES string of the molecule is CCOc1cc(NCCCN2CCOCC2)ccc1N. The maximum Gasteiger partial charge on any atom is 0.144 e. The van der Waals surface area contributed by atoms with Crippen molar-refractivity contribution in [2.75, 3.05) is 57.1 Å². The largest absolute Gasteiger partial charge is 0.492 e. The van der Waals surface area contributed by atoms with Gasteiger partial charge in [-0.15, -0.1) is 0 Å². The monoisotopic (exact) mass is 279 g/mol. The number of ether oxygens (including phenoxy) is 2. The number of rotatable bonds is 7. The van der Waals surface area contributed by atoms with Gasteiger partial charge in [0.25, 0.3) is 0 Å². The van der Waals surface area contributed by atoms with Crippen molar-refractivity contribution < 1.29 is 9.47 Å². The second-order valence-corrected chi connectivity index (χ2v) is 4.92. The number of nitrogens with two attached hydrogens (primary N) is 1. The Bertz CT molecular complexity index is 406. The molecule has 1 aromatic carbocycles. The van der Waals surface area contributed by atoms with E-state index in [0.29, 0.717) is 12.3 Å². The third-order valence-electron chi connectivity index (χ3n) is 3.40. The molecule has 1 aliphatic heterocycles. The molecule has 0 unspecified atom stereocenters. The van der Waals surface area contributed by atoms with Crippen molar-refractivity contribution in [3.8, 4) is 5.75 Å². The van der Waals surface area contributed by atoms with Gasteiger partial charge in [-0.3, -0.25) is 4.90 Å². The molecule has 0 saturated carbocycles. The Labute approximate surface area is 121 Å². The van der Waals surface area contributed by atoms with E-state index in [9.17, 15) is 0 Å². The lowest BCUT2D eigenvalue weighted by molar-refractivity contribution is 0.0378. The second-order valence-electron chi connectivity index (χ2n) is 4.92. The molecule has 0 amide bonds. The number of nitrogen functional groups attached to an aromatic ring is 1. The van der Waals surface area contributed by atoms with E-state index < -0.39 is 0 Å². The molecule has 1 fully saturated rings. The molecule has 1 aliphatic rings. The minimum Gasteiger partial charge on any atom is -0.492 e. The molecule has 1 aromatic rings. The van der Waals surface area contributed by atoms with Crippen LogP contribution in [0.15, 0.2) is 18.2 Å². The normalized spacial score (nSPS) is 16.1. The van der Waals surface area contributed by atoms with Crippen LogP contribution < -0.4 is 15.8 Å². The minimum atomic E-state index is 0.630. The van der Waals surface area contributed by atoms with Crippen molar-refractivity contribution in [2.24, 2.45) is 0 Å². The van der Waals surface area contributed by atoms with E-state index in [4.69, 9.17) is 15.2 Å². The van der Waals surface area contributed by atoms with Gasteiger partial charge >= 0.3 is 0 Å². The summed E-state index contributed by atoms with van der Waals surface area (Å²) in [6, 6.07) is 5.84. The lowest BCUT2D eigenvalue weighted by atomic mass is 10.2. The zero-order chi connectivity index (χ0) is 14.2. The van der Waals surface area contributed by atoms with Gasteiger partial charge in [0.1, 0.15) is 5.75 Å². The van der Waals surface area contributed by atoms with Crippen LogP contribution in [0.1, 0.15) is 13.3 Å². The van der Waals surface area contributed by atoms with Crippen LogP contribution in [0.5, 0.6) is 5.75 Å². The topological polar surface area (TPSA) is 59.8 Å². The van der Waals surface area contributed by atoms with Gasteiger partial charge in [0.15, 0.2) is 0 Å². The van der Waals surface area contributed by atoms with E-state index in [2.05, 4.69) is 10.2 Å². The smallest absolute Gasteiger partial charge is 0.144 e. The van der Waals surface area contributed by atoms with Crippen molar-refractivity contribution in [2.45, 2.75) is 13.3 Å². The molecule has 20 heavy (non-hydrogen) atoms. The highest BCUT2D eigenvalue weighted by Crippen LogP contribution is 2.25. The lowest BCUT2D eigenvalue weighted by Crippen LogP contribution is -2.37. The molecule has 112 valence electrons. The molecule has 0 bridgehead atoms. The molecule has 3 N–H and O–H groups in total. The van der Waals surface area contributed by atoms with Crippen LogP contribution in [-0.2, 0) is 4.74 Å². The summed E-state index contributed by atoms with van der Waals surface area (Å²) in [6.07, 6.45) is 1.12. The molecule has 0 aromatic heterocycles. The molecular weight excluding hydrogens is 254 g/mol. The molecule has 0 aliphatic carbocycles. The molecule has 0 atom stereocenters. The van der Waals surface area contributed by atoms with Crippen LogP contribution in [0.4, 0.5) is 11.4 Å². The third kappa shape index (κ3) is 4.58.